The normalized spacial score (nSPS) is 11.6. The molecule has 0 aliphatic heterocycles. The molecule has 1 aromatic heterocycles. The molecular formula is C20H19ClN2O2S. The smallest absolute Gasteiger partial charge is 0.283 e. The van der Waals surface area contributed by atoms with Gasteiger partial charge in [0.25, 0.3) is 5.91 Å². The molecule has 1 amide bonds. The van der Waals surface area contributed by atoms with Gasteiger partial charge in [-0.05, 0) is 62.2 Å². The fourth-order valence-electron chi connectivity index (χ4n) is 2.53. The zero-order chi connectivity index (χ0) is 18.7. The van der Waals surface area contributed by atoms with Crippen LogP contribution in [-0.2, 0) is 0 Å². The Bertz CT molecular complexity index is 977. The molecule has 134 valence electrons. The van der Waals surface area contributed by atoms with Gasteiger partial charge in [0.1, 0.15) is 10.6 Å². The van der Waals surface area contributed by atoms with E-state index in [-0.39, 0.29) is 5.91 Å². The summed E-state index contributed by atoms with van der Waals surface area (Å²) in [7, 11) is 0. The number of hydrogen-bond acceptors (Lipinski definition) is 4. The summed E-state index contributed by atoms with van der Waals surface area (Å²) in [5.41, 5.74) is 5.34. The third-order valence-corrected chi connectivity index (χ3v) is 5.56. The van der Waals surface area contributed by atoms with E-state index >= 15 is 0 Å². The van der Waals surface area contributed by atoms with Gasteiger partial charge in [0.05, 0.1) is 17.3 Å². The van der Waals surface area contributed by atoms with Crippen LogP contribution < -0.4 is 10.2 Å². The summed E-state index contributed by atoms with van der Waals surface area (Å²) in [6.07, 6.45) is 0. The highest BCUT2D eigenvalue weighted by molar-refractivity contribution is 7.21. The Kier molecular flexibility index (Phi) is 5.59. The van der Waals surface area contributed by atoms with Gasteiger partial charge in [-0.3, -0.25) is 4.79 Å². The highest BCUT2D eigenvalue weighted by Crippen LogP contribution is 2.35. The van der Waals surface area contributed by atoms with Crippen LogP contribution in [0.5, 0.6) is 5.75 Å². The van der Waals surface area contributed by atoms with Gasteiger partial charge >= 0.3 is 0 Å². The van der Waals surface area contributed by atoms with Gasteiger partial charge < -0.3 is 4.74 Å². The first-order valence-corrected chi connectivity index (χ1v) is 9.45. The van der Waals surface area contributed by atoms with Gasteiger partial charge in [-0.1, -0.05) is 23.7 Å². The van der Waals surface area contributed by atoms with Crippen molar-refractivity contribution in [3.05, 3.63) is 63.5 Å². The minimum absolute atomic E-state index is 0.306. The molecular weight excluding hydrogens is 368 g/mol. The fourth-order valence-corrected chi connectivity index (χ4v) is 4.03. The Balaban J connectivity index is 1.77. The molecule has 3 rings (SSSR count). The molecule has 6 heteroatoms. The lowest BCUT2D eigenvalue weighted by molar-refractivity contribution is 0.0959. The first-order valence-electron chi connectivity index (χ1n) is 8.26. The van der Waals surface area contributed by atoms with Gasteiger partial charge in [0.15, 0.2) is 0 Å². The van der Waals surface area contributed by atoms with Gasteiger partial charge in [0, 0.05) is 10.1 Å². The summed E-state index contributed by atoms with van der Waals surface area (Å²) >= 11 is 7.74. The molecule has 0 atom stereocenters. The van der Waals surface area contributed by atoms with Crippen molar-refractivity contribution >= 4 is 44.6 Å². The average molecular weight is 387 g/mol. The van der Waals surface area contributed by atoms with Crippen LogP contribution in [0.1, 0.15) is 34.6 Å². The lowest BCUT2D eigenvalue weighted by Gasteiger charge is -2.05. The molecule has 0 aliphatic carbocycles. The van der Waals surface area contributed by atoms with Crippen molar-refractivity contribution < 1.29 is 9.53 Å². The molecule has 0 bridgehead atoms. The topological polar surface area (TPSA) is 50.7 Å². The fraction of sp³-hybridized carbons (Fsp3) is 0.200. The van der Waals surface area contributed by atoms with E-state index in [4.69, 9.17) is 16.3 Å². The monoisotopic (exact) mass is 386 g/mol. The number of fused-ring (bicyclic) bond motifs is 1. The number of nitrogens with zero attached hydrogens (tertiary/aromatic N) is 1. The van der Waals surface area contributed by atoms with Crippen LogP contribution in [0.2, 0.25) is 5.02 Å². The standard InChI is InChI=1S/C20H19ClN2O2S/c1-4-25-15-8-6-14(7-9-15)13(3)22-23-20(24)19-18(21)16-10-5-12(2)11-17(16)26-19/h5-11H,4H2,1-3H3,(H,23,24)/b22-13+. The molecule has 0 unspecified atom stereocenters. The lowest BCUT2D eigenvalue weighted by Crippen LogP contribution is -2.18. The van der Waals surface area contributed by atoms with Crippen LogP contribution in [0.25, 0.3) is 10.1 Å². The highest BCUT2D eigenvalue weighted by Gasteiger charge is 2.17. The minimum Gasteiger partial charge on any atom is -0.494 e. The molecule has 1 heterocycles. The van der Waals surface area contributed by atoms with E-state index < -0.39 is 0 Å². The third-order valence-electron chi connectivity index (χ3n) is 3.90. The Hall–Kier alpha value is -2.37. The lowest BCUT2D eigenvalue weighted by atomic mass is 10.1. The van der Waals surface area contributed by atoms with Gasteiger partial charge in [0.2, 0.25) is 0 Å². The summed E-state index contributed by atoms with van der Waals surface area (Å²) in [6, 6.07) is 13.5. The van der Waals surface area contributed by atoms with Crippen LogP contribution in [0.4, 0.5) is 0 Å². The van der Waals surface area contributed by atoms with Gasteiger partial charge in [-0.15, -0.1) is 11.3 Å². The van der Waals surface area contributed by atoms with E-state index in [0.29, 0.717) is 22.2 Å². The Morgan fingerprint density at radius 1 is 1.23 bits per heavy atom. The summed E-state index contributed by atoms with van der Waals surface area (Å²) in [5, 5.41) is 5.56. The van der Waals surface area contributed by atoms with Crippen molar-refractivity contribution in [3.63, 3.8) is 0 Å². The zero-order valence-electron chi connectivity index (χ0n) is 14.8. The summed E-state index contributed by atoms with van der Waals surface area (Å²) in [4.78, 5) is 13.0. The Labute approximate surface area is 161 Å². The Morgan fingerprint density at radius 2 is 1.96 bits per heavy atom. The van der Waals surface area contributed by atoms with E-state index in [1.807, 2.05) is 63.2 Å². The van der Waals surface area contributed by atoms with E-state index in [9.17, 15) is 4.79 Å². The van der Waals surface area contributed by atoms with Crippen molar-refractivity contribution in [2.24, 2.45) is 5.10 Å². The average Bonchev–Trinajstić information content (AvgIpc) is 2.96. The van der Waals surface area contributed by atoms with E-state index in [1.54, 1.807) is 0 Å². The number of rotatable bonds is 5. The van der Waals surface area contributed by atoms with Crippen molar-refractivity contribution in [1.29, 1.82) is 0 Å². The SMILES string of the molecule is CCOc1ccc(/C(C)=N/NC(=O)c2sc3cc(C)ccc3c2Cl)cc1. The second-order valence-electron chi connectivity index (χ2n) is 5.84. The van der Waals surface area contributed by atoms with Crippen LogP contribution in [0.15, 0.2) is 47.6 Å². The number of benzene rings is 2. The molecule has 0 saturated carbocycles. The van der Waals surface area contributed by atoms with Gasteiger partial charge in [-0.2, -0.15) is 5.10 Å². The summed E-state index contributed by atoms with van der Waals surface area (Å²) < 4.78 is 6.42. The highest BCUT2D eigenvalue weighted by atomic mass is 35.5. The molecule has 1 N–H and O–H groups in total. The van der Waals surface area contributed by atoms with Crippen molar-refractivity contribution in [2.45, 2.75) is 20.8 Å². The number of ether oxygens (including phenoxy) is 1. The summed E-state index contributed by atoms with van der Waals surface area (Å²) in [5.74, 6) is 0.500. The van der Waals surface area contributed by atoms with Crippen LogP contribution >= 0.6 is 22.9 Å². The maximum Gasteiger partial charge on any atom is 0.283 e. The van der Waals surface area contributed by atoms with Crippen LogP contribution in [-0.4, -0.2) is 18.2 Å². The molecule has 26 heavy (non-hydrogen) atoms. The molecule has 0 saturated heterocycles. The molecule has 0 radical (unpaired) electrons. The number of carbonyl (C=O) groups excluding carboxylic acids is 1. The predicted octanol–water partition coefficient (Wildman–Crippen LogP) is 5.42. The maximum absolute atomic E-state index is 12.5. The number of aryl methyl sites for hydroxylation is 1. The summed E-state index contributed by atoms with van der Waals surface area (Å²) in [6.45, 7) is 6.41. The molecule has 2 aromatic carbocycles. The van der Waals surface area contributed by atoms with E-state index in [0.717, 1.165) is 27.0 Å². The second kappa shape index (κ2) is 7.89. The number of carbonyl (C=O) groups is 1. The maximum atomic E-state index is 12.5. The first kappa shape index (κ1) is 18.4. The van der Waals surface area contributed by atoms with Crippen molar-refractivity contribution in [1.82, 2.24) is 5.43 Å². The van der Waals surface area contributed by atoms with Crippen LogP contribution in [0.3, 0.4) is 0 Å². The van der Waals surface area contributed by atoms with E-state index in [1.165, 1.54) is 11.3 Å². The number of halogens is 1. The molecule has 0 fully saturated rings. The van der Waals surface area contributed by atoms with Gasteiger partial charge in [-0.25, -0.2) is 5.43 Å². The molecule has 3 aromatic rings. The quantitative estimate of drug-likeness (QED) is 0.470. The van der Waals surface area contributed by atoms with E-state index in [2.05, 4.69) is 10.5 Å². The molecule has 0 spiro atoms. The largest absolute Gasteiger partial charge is 0.494 e. The first-order chi connectivity index (χ1) is 12.5. The van der Waals surface area contributed by atoms with Crippen molar-refractivity contribution in [2.75, 3.05) is 6.61 Å². The predicted molar refractivity (Wildman–Crippen MR) is 109 cm³/mol. The molecule has 4 nitrogen and oxygen atoms in total. The second-order valence-corrected chi connectivity index (χ2v) is 7.27. The van der Waals surface area contributed by atoms with Crippen molar-refractivity contribution in [3.8, 4) is 5.75 Å². The number of thiophene rings is 1. The number of hydrazone groups is 1. The third kappa shape index (κ3) is 3.89. The number of amides is 1. The molecule has 0 aliphatic rings. The van der Waals surface area contributed by atoms with Crippen LogP contribution in [0, 0.1) is 6.92 Å². The number of hydrogen-bond donors (Lipinski definition) is 1. The number of nitrogens with one attached hydrogen (secondary N) is 1. The minimum atomic E-state index is -0.306. The zero-order valence-corrected chi connectivity index (χ0v) is 16.4. The Morgan fingerprint density at radius 3 is 2.65 bits per heavy atom.